The summed E-state index contributed by atoms with van der Waals surface area (Å²) in [5.41, 5.74) is 1.07. The second kappa shape index (κ2) is 10.8. The first-order valence-electron chi connectivity index (χ1n) is 13.2. The molecule has 0 spiro atoms. The molecule has 0 unspecified atom stereocenters. The van der Waals surface area contributed by atoms with E-state index in [1.807, 2.05) is 11.4 Å². The van der Waals surface area contributed by atoms with E-state index in [2.05, 4.69) is 14.8 Å². The second-order valence-electron chi connectivity index (χ2n) is 10.9. The molecule has 42 heavy (non-hydrogen) atoms. The zero-order valence-electron chi connectivity index (χ0n) is 23.8. The Morgan fingerprint density at radius 2 is 1.90 bits per heavy atom. The molecule has 1 saturated heterocycles. The third-order valence-electron chi connectivity index (χ3n) is 7.08. The highest BCUT2D eigenvalue weighted by molar-refractivity contribution is 7.90. The predicted octanol–water partition coefficient (Wildman–Crippen LogP) is 4.98. The van der Waals surface area contributed by atoms with Gasteiger partial charge in [-0.3, -0.25) is 0 Å². The van der Waals surface area contributed by atoms with Crippen molar-refractivity contribution in [2.24, 2.45) is 0 Å². The number of thiazole rings is 1. The molecule has 0 radical (unpaired) electrons. The van der Waals surface area contributed by atoms with Crippen LogP contribution < -0.4 is 18.9 Å². The molecule has 1 aliphatic heterocycles. The number of sulfonamides is 1. The van der Waals surface area contributed by atoms with Crippen LogP contribution in [0.5, 0.6) is 16.7 Å². The first-order chi connectivity index (χ1) is 20.0. The number of ether oxygens (including phenoxy) is 4. The molecule has 1 fully saturated rings. The molecule has 224 valence electrons. The van der Waals surface area contributed by atoms with E-state index in [-0.39, 0.29) is 6.61 Å². The van der Waals surface area contributed by atoms with Crippen molar-refractivity contribution in [3.05, 3.63) is 40.5 Å². The van der Waals surface area contributed by atoms with Gasteiger partial charge in [0, 0.05) is 30.7 Å². The van der Waals surface area contributed by atoms with Crippen molar-refractivity contribution in [3.63, 3.8) is 0 Å². The number of hydrogen-bond acceptors (Lipinski definition) is 12. The average molecular weight is 634 g/mol. The topological polar surface area (TPSA) is 139 Å². The van der Waals surface area contributed by atoms with Crippen LogP contribution in [0.4, 0.5) is 0 Å². The van der Waals surface area contributed by atoms with Gasteiger partial charge >= 0.3 is 0 Å². The fourth-order valence-corrected chi connectivity index (χ4v) is 7.47. The average Bonchev–Trinajstić information content (AvgIpc) is 3.73. The number of benzene rings is 1. The third-order valence-corrected chi connectivity index (χ3v) is 11.3. The summed E-state index contributed by atoms with van der Waals surface area (Å²) in [4.78, 5) is 10.1. The van der Waals surface area contributed by atoms with E-state index >= 15 is 0 Å². The van der Waals surface area contributed by atoms with Crippen molar-refractivity contribution in [3.8, 4) is 28.1 Å². The molecule has 0 bridgehead atoms. The summed E-state index contributed by atoms with van der Waals surface area (Å²) in [5.74, 6) is 1.69. The Kier molecular flexibility index (Phi) is 7.42. The summed E-state index contributed by atoms with van der Waals surface area (Å²) in [6, 6.07) is 5.46. The Hall–Kier alpha value is -3.24. The van der Waals surface area contributed by atoms with Gasteiger partial charge in [0.05, 0.1) is 41.8 Å². The molecule has 6 rings (SSSR count). The number of fused-ring (bicyclic) bond motifs is 2. The van der Waals surface area contributed by atoms with Crippen molar-refractivity contribution < 1.29 is 31.8 Å². The number of rotatable bonds is 9. The maximum absolute atomic E-state index is 13.1. The van der Waals surface area contributed by atoms with Crippen LogP contribution in [0.15, 0.2) is 34.2 Å². The summed E-state index contributed by atoms with van der Waals surface area (Å²) in [7, 11) is -0.476. The van der Waals surface area contributed by atoms with E-state index in [9.17, 15) is 8.42 Å². The first kappa shape index (κ1) is 28.9. The molecule has 0 saturated carbocycles. The van der Waals surface area contributed by atoms with Gasteiger partial charge in [-0.05, 0) is 51.0 Å². The van der Waals surface area contributed by atoms with Crippen LogP contribution in [-0.2, 0) is 26.9 Å². The zero-order valence-corrected chi connectivity index (χ0v) is 26.2. The van der Waals surface area contributed by atoms with Gasteiger partial charge in [-0.1, -0.05) is 0 Å². The Morgan fingerprint density at radius 3 is 2.60 bits per heavy atom. The van der Waals surface area contributed by atoms with E-state index in [1.165, 1.54) is 22.7 Å². The standard InChI is InChI=1S/C27H31N5O7S3/c1-26(2,3)42(33,34)31-27(6-8-37-9-7-27)23-28-16(15-40-23)14-38-20-10-17(35-4)11-21-18(20)12-22(39-21)19-13-32-24(29-19)41-25(30-32)36-5/h10-13,15,31H,6-9,14H2,1-5H3. The number of aromatic nitrogens is 4. The van der Waals surface area contributed by atoms with Crippen molar-refractivity contribution in [2.45, 2.75) is 50.5 Å². The Balaban J connectivity index is 1.26. The van der Waals surface area contributed by atoms with E-state index in [0.29, 0.717) is 75.4 Å². The van der Waals surface area contributed by atoms with Crippen LogP contribution >= 0.6 is 22.7 Å². The van der Waals surface area contributed by atoms with Gasteiger partial charge in [0.1, 0.15) is 34.4 Å². The lowest BCUT2D eigenvalue weighted by Gasteiger charge is -2.38. The summed E-state index contributed by atoms with van der Waals surface area (Å²) >= 11 is 2.75. The maximum atomic E-state index is 13.1. The number of imidazole rings is 1. The molecule has 1 aliphatic rings. The van der Waals surface area contributed by atoms with E-state index in [0.717, 1.165) is 5.39 Å². The first-order valence-corrected chi connectivity index (χ1v) is 16.4. The summed E-state index contributed by atoms with van der Waals surface area (Å²) in [5, 5.41) is 8.19. The van der Waals surface area contributed by atoms with Crippen LogP contribution in [-0.4, -0.2) is 60.2 Å². The van der Waals surface area contributed by atoms with Gasteiger partial charge in [0.2, 0.25) is 15.0 Å². The Morgan fingerprint density at radius 1 is 1.12 bits per heavy atom. The lowest BCUT2D eigenvalue weighted by molar-refractivity contribution is 0.0455. The fraction of sp³-hybridized carbons (Fsp3) is 0.444. The monoisotopic (exact) mass is 633 g/mol. The van der Waals surface area contributed by atoms with Gasteiger partial charge < -0.3 is 23.4 Å². The van der Waals surface area contributed by atoms with E-state index in [1.54, 1.807) is 57.8 Å². The van der Waals surface area contributed by atoms with Crippen LogP contribution in [0, 0.1) is 0 Å². The number of furan rings is 1. The molecule has 12 nitrogen and oxygen atoms in total. The number of nitrogens with zero attached hydrogens (tertiary/aromatic N) is 4. The van der Waals surface area contributed by atoms with Gasteiger partial charge in [-0.2, -0.15) is 0 Å². The van der Waals surface area contributed by atoms with E-state index in [4.69, 9.17) is 28.3 Å². The highest BCUT2D eigenvalue weighted by Crippen LogP contribution is 2.39. The largest absolute Gasteiger partial charge is 0.496 e. The molecule has 1 N–H and O–H groups in total. The molecule has 15 heteroatoms. The Bertz CT molecular complexity index is 1810. The molecule has 4 aromatic heterocycles. The van der Waals surface area contributed by atoms with Crippen LogP contribution in [0.3, 0.4) is 0 Å². The molecular formula is C27H31N5O7S3. The summed E-state index contributed by atoms with van der Waals surface area (Å²) in [6.45, 7) is 6.11. The smallest absolute Gasteiger partial charge is 0.294 e. The van der Waals surface area contributed by atoms with Crippen LogP contribution in [0.2, 0.25) is 0 Å². The normalized spacial score (nSPS) is 15.8. The molecule has 0 amide bonds. The fourth-order valence-electron chi connectivity index (χ4n) is 4.56. The third kappa shape index (κ3) is 5.35. The lowest BCUT2D eigenvalue weighted by atomic mass is 9.92. The number of nitrogens with one attached hydrogen (secondary N) is 1. The van der Waals surface area contributed by atoms with Gasteiger partial charge in [0.25, 0.3) is 5.19 Å². The van der Waals surface area contributed by atoms with Gasteiger partial charge in [-0.15, -0.1) is 16.4 Å². The predicted molar refractivity (Wildman–Crippen MR) is 159 cm³/mol. The van der Waals surface area contributed by atoms with Crippen molar-refractivity contribution in [2.75, 3.05) is 27.4 Å². The number of hydrogen-bond donors (Lipinski definition) is 1. The molecule has 5 heterocycles. The molecule has 0 aliphatic carbocycles. The van der Waals surface area contributed by atoms with Crippen molar-refractivity contribution >= 4 is 48.6 Å². The highest BCUT2D eigenvalue weighted by Gasteiger charge is 2.44. The minimum absolute atomic E-state index is 0.168. The quantitative estimate of drug-likeness (QED) is 0.236. The Labute approximate surface area is 250 Å². The lowest BCUT2D eigenvalue weighted by Crippen LogP contribution is -2.53. The molecule has 0 atom stereocenters. The molecule has 5 aromatic rings. The minimum Gasteiger partial charge on any atom is -0.496 e. The highest BCUT2D eigenvalue weighted by atomic mass is 32.2. The van der Waals surface area contributed by atoms with Crippen molar-refractivity contribution in [1.82, 2.24) is 24.3 Å². The zero-order chi connectivity index (χ0) is 29.7. The second-order valence-corrected chi connectivity index (χ2v) is 15.1. The SMILES string of the molecule is COc1cc(OCc2csc(C3(NS(=O)(=O)C(C)(C)C)CCOCC3)n2)c2cc(-c3cn4nc(OC)sc4n3)oc2c1. The van der Waals surface area contributed by atoms with Crippen molar-refractivity contribution in [1.29, 1.82) is 0 Å². The minimum atomic E-state index is -3.62. The van der Waals surface area contributed by atoms with Crippen LogP contribution in [0.1, 0.15) is 44.3 Å². The molecule has 1 aromatic carbocycles. The summed E-state index contributed by atoms with van der Waals surface area (Å²) < 4.78 is 58.6. The van der Waals surface area contributed by atoms with E-state index < -0.39 is 20.3 Å². The summed E-state index contributed by atoms with van der Waals surface area (Å²) in [6.07, 6.45) is 2.78. The van der Waals surface area contributed by atoms with Gasteiger partial charge in [0.15, 0.2) is 5.76 Å². The molecular weight excluding hydrogens is 603 g/mol. The number of methoxy groups -OCH3 is 2. The van der Waals surface area contributed by atoms with Crippen LogP contribution in [0.25, 0.3) is 27.4 Å². The maximum Gasteiger partial charge on any atom is 0.294 e. The van der Waals surface area contributed by atoms with Gasteiger partial charge in [-0.25, -0.2) is 27.6 Å².